The molecule has 0 aromatic heterocycles. The maximum Gasteiger partial charge on any atom is 0.416 e. The number of rotatable bonds is 4. The molecule has 0 aliphatic carbocycles. The van der Waals surface area contributed by atoms with E-state index in [1.54, 1.807) is 11.8 Å². The molecule has 1 aromatic carbocycles. The van der Waals surface area contributed by atoms with Gasteiger partial charge >= 0.3 is 12.1 Å². The zero-order valence-corrected chi connectivity index (χ0v) is 15.8. The van der Waals surface area contributed by atoms with Crippen LogP contribution in [0.2, 0.25) is 0 Å². The zero-order chi connectivity index (χ0) is 19.9. The number of esters is 1. The van der Waals surface area contributed by atoms with Crippen LogP contribution in [0.4, 0.5) is 18.9 Å². The van der Waals surface area contributed by atoms with Gasteiger partial charge in [0.15, 0.2) is 0 Å². The summed E-state index contributed by atoms with van der Waals surface area (Å²) in [4.78, 5) is 16.7. The summed E-state index contributed by atoms with van der Waals surface area (Å²) < 4.78 is 44.8. The van der Waals surface area contributed by atoms with Gasteiger partial charge in [-0.25, -0.2) is 4.79 Å². The molecule has 7 heteroatoms. The summed E-state index contributed by atoms with van der Waals surface area (Å²) in [5.41, 5.74) is 1.13. The van der Waals surface area contributed by atoms with E-state index >= 15 is 0 Å². The molecule has 2 rings (SSSR count). The molecular formula is C19H23F3N2O2. The number of hydrogen-bond donors (Lipinski definition) is 1. The Morgan fingerprint density at radius 1 is 1.27 bits per heavy atom. The topological polar surface area (TPSA) is 43.5 Å². The van der Waals surface area contributed by atoms with Crippen LogP contribution in [0.15, 0.2) is 23.5 Å². The van der Waals surface area contributed by atoms with Gasteiger partial charge in [0.05, 0.1) is 23.9 Å². The summed E-state index contributed by atoms with van der Waals surface area (Å²) in [6.45, 7) is 9.89. The summed E-state index contributed by atoms with van der Waals surface area (Å²) >= 11 is 0. The van der Waals surface area contributed by atoms with Gasteiger partial charge in [-0.1, -0.05) is 20.8 Å². The van der Waals surface area contributed by atoms with Gasteiger partial charge in [-0.2, -0.15) is 13.2 Å². The monoisotopic (exact) mass is 368 g/mol. The maximum atomic E-state index is 13.4. The molecule has 0 saturated carbocycles. The van der Waals surface area contributed by atoms with E-state index in [0.29, 0.717) is 23.5 Å². The largest absolute Gasteiger partial charge is 0.465 e. The minimum atomic E-state index is -4.57. The Morgan fingerprint density at radius 3 is 2.27 bits per heavy atom. The molecule has 1 aliphatic heterocycles. The van der Waals surface area contributed by atoms with Gasteiger partial charge < -0.3 is 14.6 Å². The first-order valence-corrected chi connectivity index (χ1v) is 8.26. The number of anilines is 1. The Bertz CT molecular complexity index is 787. The van der Waals surface area contributed by atoms with Crippen LogP contribution >= 0.6 is 0 Å². The van der Waals surface area contributed by atoms with Gasteiger partial charge in [0, 0.05) is 17.6 Å². The summed E-state index contributed by atoms with van der Waals surface area (Å²) in [6, 6.07) is 1.91. The molecule has 142 valence electrons. The number of nitrogens with one attached hydrogen (secondary N) is 1. The van der Waals surface area contributed by atoms with Crippen LogP contribution in [0.25, 0.3) is 0 Å². The van der Waals surface area contributed by atoms with Crippen molar-refractivity contribution >= 4 is 17.9 Å². The van der Waals surface area contributed by atoms with Crippen molar-refractivity contribution in [2.45, 2.75) is 40.8 Å². The van der Waals surface area contributed by atoms with E-state index in [0.717, 1.165) is 24.9 Å². The highest BCUT2D eigenvalue weighted by atomic mass is 19.4. The van der Waals surface area contributed by atoms with Crippen LogP contribution < -0.4 is 9.89 Å². The molecule has 0 bridgehead atoms. The molecule has 1 aliphatic rings. The number of hydrogen-bond acceptors (Lipinski definition) is 3. The van der Waals surface area contributed by atoms with E-state index in [1.807, 2.05) is 27.7 Å². The smallest absolute Gasteiger partial charge is 0.416 e. The van der Waals surface area contributed by atoms with Crippen molar-refractivity contribution in [2.75, 3.05) is 18.6 Å². The third-order valence-electron chi connectivity index (χ3n) is 4.28. The molecule has 0 atom stereocenters. The van der Waals surface area contributed by atoms with E-state index in [-0.39, 0.29) is 11.0 Å². The van der Waals surface area contributed by atoms with Gasteiger partial charge in [0.1, 0.15) is 11.9 Å². The van der Waals surface area contributed by atoms with Gasteiger partial charge in [-0.15, -0.1) is 0 Å². The number of nitrogens with zero attached hydrogens (tertiary/aromatic N) is 1. The average Bonchev–Trinajstić information content (AvgIpc) is 2.48. The Morgan fingerprint density at radius 2 is 1.88 bits per heavy atom. The number of halogens is 3. The molecule has 0 amide bonds. The fraction of sp³-hybridized carbons (Fsp3) is 0.474. The zero-order valence-electron chi connectivity index (χ0n) is 15.8. The highest BCUT2D eigenvalue weighted by molar-refractivity contribution is 5.94. The fourth-order valence-corrected chi connectivity index (χ4v) is 2.84. The number of allylic oxidation sites excluding steroid dienone is 2. The van der Waals surface area contributed by atoms with E-state index in [9.17, 15) is 18.0 Å². The summed E-state index contributed by atoms with van der Waals surface area (Å²) in [5.74, 6) is -0.796. The van der Waals surface area contributed by atoms with Gasteiger partial charge in [-0.3, -0.25) is 0 Å². The van der Waals surface area contributed by atoms with Crippen molar-refractivity contribution in [3.05, 3.63) is 40.2 Å². The molecule has 0 unspecified atom stereocenters. The molecule has 4 nitrogen and oxygen atoms in total. The van der Waals surface area contributed by atoms with Gasteiger partial charge in [0.25, 0.3) is 0 Å². The van der Waals surface area contributed by atoms with Crippen molar-refractivity contribution in [3.8, 4) is 0 Å². The Hall–Kier alpha value is -2.31. The number of carbonyl (C=O) groups excluding carboxylic acids is 1. The van der Waals surface area contributed by atoms with Crippen LogP contribution in [0.3, 0.4) is 0 Å². The molecule has 0 saturated heterocycles. The standard InChI is InChI=1S/C19H23F3N2O2/c1-7-24(15-10-23-16(15)18(3,4)5)14-9-12(19(20,21)22)8-13(11(14)2)17(25)26-6/h8-9,23H,7H2,1-6H3. The number of benzene rings is 1. The van der Waals surface area contributed by atoms with Crippen molar-refractivity contribution in [3.63, 3.8) is 0 Å². The lowest BCUT2D eigenvalue weighted by molar-refractivity contribution is -0.422. The van der Waals surface area contributed by atoms with E-state index in [4.69, 9.17) is 0 Å². The highest BCUT2D eigenvalue weighted by Gasteiger charge is 2.35. The predicted octanol–water partition coefficient (Wildman–Crippen LogP) is 2.93. The minimum Gasteiger partial charge on any atom is -0.465 e. The van der Waals surface area contributed by atoms with Crippen molar-refractivity contribution in [1.82, 2.24) is 0 Å². The van der Waals surface area contributed by atoms with Crippen molar-refractivity contribution < 1.29 is 27.7 Å². The third kappa shape index (κ3) is 3.61. The lowest BCUT2D eigenvalue weighted by Gasteiger charge is -2.35. The van der Waals surface area contributed by atoms with E-state index in [2.05, 4.69) is 15.9 Å². The quantitative estimate of drug-likeness (QED) is 0.657. The Labute approximate surface area is 151 Å². The van der Waals surface area contributed by atoms with Crippen LogP contribution in [-0.2, 0) is 10.9 Å². The van der Waals surface area contributed by atoms with Gasteiger partial charge in [-0.05, 0) is 31.5 Å². The second-order valence-corrected chi connectivity index (χ2v) is 7.13. The van der Waals surface area contributed by atoms with E-state index in [1.165, 1.54) is 0 Å². The summed E-state index contributed by atoms with van der Waals surface area (Å²) in [5, 5.41) is 0. The lowest BCUT2D eigenvalue weighted by Crippen LogP contribution is -2.78. The van der Waals surface area contributed by atoms with Crippen LogP contribution in [-0.4, -0.2) is 25.8 Å². The predicted molar refractivity (Wildman–Crippen MR) is 93.0 cm³/mol. The first-order valence-electron chi connectivity index (χ1n) is 8.26. The molecule has 0 spiro atoms. The minimum absolute atomic E-state index is 0.0963. The van der Waals surface area contributed by atoms with E-state index < -0.39 is 17.7 Å². The average molecular weight is 368 g/mol. The highest BCUT2D eigenvalue weighted by Crippen LogP contribution is 2.37. The van der Waals surface area contributed by atoms with Crippen molar-refractivity contribution in [2.24, 2.45) is 5.41 Å². The second-order valence-electron chi connectivity index (χ2n) is 7.13. The SMILES string of the molecule is CCN(C1=C(C(C)(C)C)[NH+]=[C-]1)c1cc(C(F)(F)F)cc(C(=O)OC)c1C. The Balaban J connectivity index is 2.69. The van der Waals surface area contributed by atoms with Crippen LogP contribution in [0.1, 0.15) is 49.2 Å². The number of alkyl halides is 3. The maximum absolute atomic E-state index is 13.4. The fourth-order valence-electron chi connectivity index (χ4n) is 2.84. The van der Waals surface area contributed by atoms with Crippen molar-refractivity contribution in [1.29, 1.82) is 0 Å². The third-order valence-corrected chi connectivity index (χ3v) is 4.28. The molecule has 0 fully saturated rings. The molecule has 1 heterocycles. The first kappa shape index (κ1) is 20.0. The number of carbonyl (C=O) groups is 1. The van der Waals surface area contributed by atoms with Crippen LogP contribution in [0, 0.1) is 12.3 Å². The first-order chi connectivity index (χ1) is 11.9. The summed E-state index contributed by atoms with van der Waals surface area (Å²) in [6.07, 6.45) is -1.61. The summed E-state index contributed by atoms with van der Waals surface area (Å²) in [7, 11) is 1.15. The molecular weight excluding hydrogens is 345 g/mol. The molecule has 1 N–H and O–H groups in total. The molecule has 26 heavy (non-hydrogen) atoms. The molecule has 1 aromatic rings. The van der Waals surface area contributed by atoms with Crippen LogP contribution in [0.5, 0.6) is 0 Å². The van der Waals surface area contributed by atoms with Gasteiger partial charge in [0.2, 0.25) is 0 Å². The number of methoxy groups -OCH3 is 1. The molecule has 0 radical (unpaired) electrons. The lowest BCUT2D eigenvalue weighted by atomic mass is 9.88. The normalized spacial score (nSPS) is 14.3. The number of ether oxygens (including phenoxy) is 1. The second kappa shape index (κ2) is 6.78. The Kier molecular flexibility index (Phi) is 5.21.